The number of aryl methyl sites for hydroxylation is 1. The fourth-order valence-corrected chi connectivity index (χ4v) is 4.12. The van der Waals surface area contributed by atoms with E-state index in [0.717, 1.165) is 24.3 Å². The van der Waals surface area contributed by atoms with E-state index in [1.807, 2.05) is 6.20 Å². The zero-order valence-electron chi connectivity index (χ0n) is 17.0. The highest BCUT2D eigenvalue weighted by atomic mass is 16.4. The van der Waals surface area contributed by atoms with Crippen molar-refractivity contribution in [3.05, 3.63) is 47.3 Å². The second kappa shape index (κ2) is 10.4. The Bertz CT molecular complexity index is 771. The van der Waals surface area contributed by atoms with E-state index in [1.165, 1.54) is 69.0 Å². The molecule has 0 amide bonds. The third-order valence-electron chi connectivity index (χ3n) is 5.86. The first-order valence-corrected chi connectivity index (χ1v) is 10.9. The molecule has 0 radical (unpaired) electrons. The van der Waals surface area contributed by atoms with Gasteiger partial charge in [-0.3, -0.25) is 0 Å². The molecule has 0 spiro atoms. The average molecular weight is 381 g/mol. The Morgan fingerprint density at radius 3 is 2.50 bits per heavy atom. The number of rotatable bonds is 10. The fourth-order valence-electron chi connectivity index (χ4n) is 4.12. The van der Waals surface area contributed by atoms with Crippen molar-refractivity contribution in [2.75, 3.05) is 0 Å². The van der Waals surface area contributed by atoms with Gasteiger partial charge in [0.15, 0.2) is 5.82 Å². The summed E-state index contributed by atoms with van der Waals surface area (Å²) in [4.78, 5) is 20.3. The lowest BCUT2D eigenvalue weighted by atomic mass is 9.84. The zero-order chi connectivity index (χ0) is 19.8. The van der Waals surface area contributed by atoms with Crippen molar-refractivity contribution in [3.63, 3.8) is 0 Å². The summed E-state index contributed by atoms with van der Waals surface area (Å²) in [6.45, 7) is 2.27. The minimum atomic E-state index is -0.912. The van der Waals surface area contributed by atoms with Crippen molar-refractivity contribution in [3.8, 4) is 11.4 Å². The molecule has 4 nitrogen and oxygen atoms in total. The molecular weight excluding hydrogens is 348 g/mol. The molecular formula is C24H32N2O2. The van der Waals surface area contributed by atoms with Crippen LogP contribution in [0, 0.1) is 5.92 Å². The Labute approximate surface area is 168 Å². The van der Waals surface area contributed by atoms with Gasteiger partial charge in [0.2, 0.25) is 0 Å². The van der Waals surface area contributed by atoms with Crippen molar-refractivity contribution in [1.82, 2.24) is 9.97 Å². The van der Waals surface area contributed by atoms with E-state index in [9.17, 15) is 4.79 Å². The number of hydrogen-bond donors (Lipinski definition) is 1. The summed E-state index contributed by atoms with van der Waals surface area (Å²) < 4.78 is 0. The van der Waals surface area contributed by atoms with Crippen molar-refractivity contribution < 1.29 is 9.90 Å². The molecule has 0 bridgehead atoms. The van der Waals surface area contributed by atoms with E-state index in [2.05, 4.69) is 11.9 Å². The number of hydrogen-bond acceptors (Lipinski definition) is 3. The van der Waals surface area contributed by atoms with Crippen LogP contribution in [0.25, 0.3) is 11.4 Å². The lowest BCUT2D eigenvalue weighted by Gasteiger charge is -2.24. The van der Waals surface area contributed by atoms with Gasteiger partial charge >= 0.3 is 5.97 Å². The van der Waals surface area contributed by atoms with Crippen molar-refractivity contribution in [1.29, 1.82) is 0 Å². The van der Waals surface area contributed by atoms with Gasteiger partial charge in [-0.15, -0.1) is 0 Å². The molecule has 0 aliphatic heterocycles. The van der Waals surface area contributed by atoms with E-state index in [0.29, 0.717) is 5.82 Å². The molecule has 2 aromatic rings. The first kappa shape index (κ1) is 20.5. The third-order valence-corrected chi connectivity index (χ3v) is 5.86. The quantitative estimate of drug-likeness (QED) is 0.507. The topological polar surface area (TPSA) is 63.1 Å². The van der Waals surface area contributed by atoms with Crippen LogP contribution in [0.2, 0.25) is 0 Å². The molecule has 28 heavy (non-hydrogen) atoms. The average Bonchev–Trinajstić information content (AvgIpc) is 2.72. The number of unbranched alkanes of at least 4 members (excludes halogenated alkanes) is 6. The van der Waals surface area contributed by atoms with Crippen LogP contribution in [-0.2, 0) is 12.8 Å². The second-order valence-electron chi connectivity index (χ2n) is 8.07. The molecule has 1 aliphatic carbocycles. The molecule has 3 rings (SSSR count). The first-order valence-electron chi connectivity index (χ1n) is 10.9. The maximum absolute atomic E-state index is 11.0. The van der Waals surface area contributed by atoms with Gasteiger partial charge in [0.25, 0.3) is 0 Å². The number of carboxylic acid groups (broad SMARTS) is 1. The maximum atomic E-state index is 11.0. The van der Waals surface area contributed by atoms with Crippen LogP contribution in [0.15, 0.2) is 30.5 Å². The summed E-state index contributed by atoms with van der Waals surface area (Å²) in [5, 5.41) is 9.02. The molecule has 1 unspecified atom stereocenters. The minimum Gasteiger partial charge on any atom is -0.478 e. The number of nitrogens with zero attached hydrogens (tertiary/aromatic N) is 2. The number of carboxylic acids is 1. The van der Waals surface area contributed by atoms with Crippen LogP contribution in [0.5, 0.6) is 0 Å². The van der Waals surface area contributed by atoms with Crippen LogP contribution in [0.3, 0.4) is 0 Å². The van der Waals surface area contributed by atoms with Gasteiger partial charge in [-0.25, -0.2) is 14.8 Å². The van der Waals surface area contributed by atoms with Gasteiger partial charge in [0.05, 0.1) is 5.56 Å². The van der Waals surface area contributed by atoms with E-state index >= 15 is 0 Å². The van der Waals surface area contributed by atoms with Crippen molar-refractivity contribution in [2.45, 2.75) is 77.6 Å². The van der Waals surface area contributed by atoms with Crippen LogP contribution < -0.4 is 0 Å². The monoisotopic (exact) mass is 380 g/mol. The summed E-state index contributed by atoms with van der Waals surface area (Å²) in [6, 6.07) is 6.80. The van der Waals surface area contributed by atoms with E-state index < -0.39 is 5.97 Å². The van der Waals surface area contributed by atoms with Gasteiger partial charge in [-0.05, 0) is 42.9 Å². The Morgan fingerprint density at radius 1 is 1.07 bits per heavy atom. The number of carbonyl (C=O) groups is 1. The van der Waals surface area contributed by atoms with Gasteiger partial charge in [-0.1, -0.05) is 70.4 Å². The molecule has 1 heterocycles. The predicted molar refractivity (Wildman–Crippen MR) is 113 cm³/mol. The minimum absolute atomic E-state index is 0.287. The molecule has 150 valence electrons. The number of benzene rings is 1. The van der Waals surface area contributed by atoms with Crippen LogP contribution in [-0.4, -0.2) is 21.0 Å². The largest absolute Gasteiger partial charge is 0.478 e. The SMILES string of the molecule is CCCCCCCCCC1CCc2nc(-c3ccc(C(=O)O)cc3)ncc2C1. The molecule has 1 aromatic carbocycles. The summed E-state index contributed by atoms with van der Waals surface area (Å²) in [5.41, 5.74) is 3.63. The first-order chi connectivity index (χ1) is 13.7. The van der Waals surface area contributed by atoms with Crippen LogP contribution in [0.1, 0.15) is 86.3 Å². The second-order valence-corrected chi connectivity index (χ2v) is 8.07. The number of aromatic carboxylic acids is 1. The Morgan fingerprint density at radius 2 is 1.79 bits per heavy atom. The van der Waals surface area contributed by atoms with E-state index in [1.54, 1.807) is 24.3 Å². The van der Waals surface area contributed by atoms with Gasteiger partial charge in [0, 0.05) is 17.5 Å². The molecule has 1 aliphatic rings. The predicted octanol–water partition coefficient (Wildman–Crippen LogP) is 6.09. The molecule has 0 saturated heterocycles. The lowest BCUT2D eigenvalue weighted by molar-refractivity contribution is 0.0697. The van der Waals surface area contributed by atoms with Gasteiger partial charge < -0.3 is 5.11 Å². The van der Waals surface area contributed by atoms with E-state index in [4.69, 9.17) is 10.1 Å². The maximum Gasteiger partial charge on any atom is 0.335 e. The van der Waals surface area contributed by atoms with Crippen molar-refractivity contribution in [2.24, 2.45) is 5.92 Å². The summed E-state index contributed by atoms with van der Waals surface area (Å²) in [5.74, 6) is 0.554. The zero-order valence-corrected chi connectivity index (χ0v) is 17.0. The normalized spacial score (nSPS) is 16.0. The highest BCUT2D eigenvalue weighted by Crippen LogP contribution is 2.29. The molecule has 0 saturated carbocycles. The van der Waals surface area contributed by atoms with Gasteiger partial charge in [-0.2, -0.15) is 0 Å². The standard InChI is InChI=1S/C24H32N2O2/c1-2-3-4-5-6-7-8-9-18-10-15-22-21(16-18)17-25-23(26-22)19-11-13-20(14-12-19)24(27)28/h11-14,17-18H,2-10,15-16H2,1H3,(H,27,28). The van der Waals surface area contributed by atoms with E-state index in [-0.39, 0.29) is 5.56 Å². The number of fused-ring (bicyclic) bond motifs is 1. The van der Waals surface area contributed by atoms with Crippen LogP contribution >= 0.6 is 0 Å². The molecule has 1 aromatic heterocycles. The third kappa shape index (κ3) is 5.63. The Hall–Kier alpha value is -2.23. The molecule has 0 fully saturated rings. The smallest absolute Gasteiger partial charge is 0.335 e. The summed E-state index contributed by atoms with van der Waals surface area (Å²) in [6.07, 6.45) is 16.2. The molecule has 4 heteroatoms. The number of aromatic nitrogens is 2. The Balaban J connectivity index is 1.50. The summed E-state index contributed by atoms with van der Waals surface area (Å²) in [7, 11) is 0. The van der Waals surface area contributed by atoms with Gasteiger partial charge in [0.1, 0.15) is 0 Å². The lowest BCUT2D eigenvalue weighted by Crippen LogP contribution is -2.16. The summed E-state index contributed by atoms with van der Waals surface area (Å²) >= 11 is 0. The highest BCUT2D eigenvalue weighted by molar-refractivity contribution is 5.88. The highest BCUT2D eigenvalue weighted by Gasteiger charge is 2.20. The van der Waals surface area contributed by atoms with Crippen LogP contribution in [0.4, 0.5) is 0 Å². The van der Waals surface area contributed by atoms with Crippen molar-refractivity contribution >= 4 is 5.97 Å². The fraction of sp³-hybridized carbons (Fsp3) is 0.542. The Kier molecular flexibility index (Phi) is 7.58. The molecule has 1 atom stereocenters. The molecule has 1 N–H and O–H groups in total.